The van der Waals surface area contributed by atoms with Crippen molar-refractivity contribution < 1.29 is 8.42 Å². The molecule has 0 N–H and O–H groups in total. The molecule has 1 saturated heterocycles. The largest absolute Gasteiger partial charge is 0.227 e. The molecule has 9 heavy (non-hydrogen) atoms. The average Bonchev–Trinajstić information content (AvgIpc) is 1.96. The van der Waals surface area contributed by atoms with Gasteiger partial charge in [0, 0.05) is 0 Å². The maximum atomic E-state index is 11.0. The summed E-state index contributed by atoms with van der Waals surface area (Å²) in [4.78, 5) is 0. The highest BCUT2D eigenvalue weighted by molar-refractivity contribution is 9.13. The molecule has 0 radical (unpaired) electrons. The average molecular weight is 278 g/mol. The normalized spacial score (nSPS) is 41.1. The van der Waals surface area contributed by atoms with E-state index in [4.69, 9.17) is 0 Å². The summed E-state index contributed by atoms with van der Waals surface area (Å²) in [5.41, 5.74) is 0. The minimum Gasteiger partial charge on any atom is -0.227 e. The molecule has 0 unspecified atom stereocenters. The van der Waals surface area contributed by atoms with E-state index in [0.717, 1.165) is 12.8 Å². The Bertz CT molecular complexity index is 183. The van der Waals surface area contributed by atoms with Gasteiger partial charge >= 0.3 is 0 Å². The van der Waals surface area contributed by atoms with Crippen molar-refractivity contribution in [3.63, 3.8) is 0 Å². The highest BCUT2D eigenvalue weighted by Crippen LogP contribution is 2.34. The first-order valence-corrected chi connectivity index (χ1v) is 6.00. The van der Waals surface area contributed by atoms with E-state index in [1.807, 2.05) is 0 Å². The summed E-state index contributed by atoms with van der Waals surface area (Å²) in [7, 11) is -2.87. The lowest BCUT2D eigenvalue weighted by Gasteiger charge is -1.99. The van der Waals surface area contributed by atoms with Crippen LogP contribution in [0.25, 0.3) is 0 Å². The number of hydrogen-bond donors (Lipinski definition) is 0. The van der Waals surface area contributed by atoms with E-state index < -0.39 is 9.84 Å². The summed E-state index contributed by atoms with van der Waals surface area (Å²) in [6, 6.07) is 0. The molecule has 0 aromatic carbocycles. The monoisotopic (exact) mass is 276 g/mol. The minimum atomic E-state index is -2.87. The molecule has 54 valence electrons. The third-order valence-corrected chi connectivity index (χ3v) is 7.27. The molecule has 0 aromatic rings. The van der Waals surface area contributed by atoms with Gasteiger partial charge in [-0.25, -0.2) is 8.42 Å². The third kappa shape index (κ3) is 1.33. The van der Waals surface area contributed by atoms with Crippen molar-refractivity contribution in [1.82, 2.24) is 0 Å². The van der Waals surface area contributed by atoms with Gasteiger partial charge in [0.05, 0.1) is 0 Å². The van der Waals surface area contributed by atoms with Crippen LogP contribution in [0.1, 0.15) is 12.8 Å². The summed E-state index contributed by atoms with van der Waals surface area (Å²) >= 11 is 6.16. The molecule has 0 aliphatic carbocycles. The number of rotatable bonds is 0. The number of halogens is 2. The van der Waals surface area contributed by atoms with Gasteiger partial charge in [0.2, 0.25) is 0 Å². The maximum absolute atomic E-state index is 11.0. The zero-order valence-electron chi connectivity index (χ0n) is 4.55. The van der Waals surface area contributed by atoms with Crippen LogP contribution in [0, 0.1) is 0 Å². The van der Waals surface area contributed by atoms with Crippen LogP contribution in [-0.4, -0.2) is 16.7 Å². The van der Waals surface area contributed by atoms with E-state index in [0.29, 0.717) is 0 Å². The van der Waals surface area contributed by atoms with Gasteiger partial charge in [-0.15, -0.1) is 0 Å². The molecular weight excluding hydrogens is 272 g/mol. The van der Waals surface area contributed by atoms with E-state index >= 15 is 0 Å². The van der Waals surface area contributed by atoms with Crippen molar-refractivity contribution in [2.45, 2.75) is 21.2 Å². The lowest BCUT2D eigenvalue weighted by Crippen LogP contribution is -2.12. The van der Waals surface area contributed by atoms with Crippen LogP contribution in [0.3, 0.4) is 0 Å². The molecule has 0 aromatic heterocycles. The van der Waals surface area contributed by atoms with Crippen LogP contribution < -0.4 is 0 Å². The molecule has 1 aliphatic rings. The highest BCUT2D eigenvalue weighted by Gasteiger charge is 2.37. The molecule has 0 bridgehead atoms. The smallest absolute Gasteiger partial charge is 0.175 e. The molecule has 1 aliphatic heterocycles. The van der Waals surface area contributed by atoms with Crippen molar-refractivity contribution >= 4 is 41.7 Å². The van der Waals surface area contributed by atoms with Gasteiger partial charge in [-0.3, -0.25) is 0 Å². The Kier molecular flexibility index (Phi) is 2.23. The number of sulfone groups is 1. The van der Waals surface area contributed by atoms with Gasteiger partial charge in [-0.2, -0.15) is 0 Å². The Balaban J connectivity index is 2.93. The summed E-state index contributed by atoms with van der Waals surface area (Å²) in [5, 5.41) is 0. The van der Waals surface area contributed by atoms with Gasteiger partial charge in [0.1, 0.15) is 8.32 Å². The molecule has 1 heterocycles. The standard InChI is InChI=1S/C4H6Br2O2S/c5-3-1-2-4(6)9(3,7)8/h3-4H,1-2H2/t3-,4-/m0/s1. The maximum Gasteiger partial charge on any atom is 0.175 e. The fourth-order valence-corrected chi connectivity index (χ4v) is 4.96. The molecule has 1 rings (SSSR count). The summed E-state index contributed by atoms with van der Waals surface area (Å²) < 4.78 is 21.3. The molecule has 0 amide bonds. The number of alkyl halides is 2. The zero-order valence-corrected chi connectivity index (χ0v) is 8.54. The second-order valence-electron chi connectivity index (χ2n) is 1.99. The first-order valence-electron chi connectivity index (χ1n) is 2.56. The summed E-state index contributed by atoms with van der Waals surface area (Å²) in [5.74, 6) is 0. The van der Waals surface area contributed by atoms with Gasteiger partial charge in [-0.05, 0) is 12.8 Å². The summed E-state index contributed by atoms with van der Waals surface area (Å²) in [6.45, 7) is 0. The molecule has 1 fully saturated rings. The third-order valence-electron chi connectivity index (χ3n) is 1.33. The van der Waals surface area contributed by atoms with Crippen LogP contribution in [0.2, 0.25) is 0 Å². The first-order chi connectivity index (χ1) is 4.05. The zero-order chi connectivity index (χ0) is 7.07. The lowest BCUT2D eigenvalue weighted by molar-refractivity contribution is 0.599. The Morgan fingerprint density at radius 3 is 1.56 bits per heavy atom. The Hall–Kier alpha value is 0.910. The lowest BCUT2D eigenvalue weighted by atomic mass is 10.4. The fraction of sp³-hybridized carbons (Fsp3) is 1.00. The highest BCUT2D eigenvalue weighted by atomic mass is 79.9. The summed E-state index contributed by atoms with van der Waals surface area (Å²) in [6.07, 6.45) is 1.44. The van der Waals surface area contributed by atoms with Gasteiger partial charge < -0.3 is 0 Å². The van der Waals surface area contributed by atoms with Crippen molar-refractivity contribution in [2.24, 2.45) is 0 Å². The van der Waals surface area contributed by atoms with Crippen LogP contribution in [0.15, 0.2) is 0 Å². The Morgan fingerprint density at radius 2 is 1.44 bits per heavy atom. The van der Waals surface area contributed by atoms with Crippen LogP contribution >= 0.6 is 31.9 Å². The molecule has 2 nitrogen and oxygen atoms in total. The van der Waals surface area contributed by atoms with E-state index in [2.05, 4.69) is 31.9 Å². The van der Waals surface area contributed by atoms with Crippen molar-refractivity contribution in [1.29, 1.82) is 0 Å². The Labute approximate surface area is 71.2 Å². The SMILES string of the molecule is O=S1(=O)[C@H](Br)CC[C@H]1Br. The second-order valence-corrected chi connectivity index (χ2v) is 7.73. The van der Waals surface area contributed by atoms with Crippen molar-refractivity contribution in [2.75, 3.05) is 0 Å². The fourth-order valence-electron chi connectivity index (χ4n) is 0.751. The number of hydrogen-bond acceptors (Lipinski definition) is 2. The van der Waals surface area contributed by atoms with E-state index in [9.17, 15) is 8.42 Å². The molecular formula is C4H6Br2O2S. The predicted molar refractivity (Wildman–Crippen MR) is 43.6 cm³/mol. The van der Waals surface area contributed by atoms with Crippen molar-refractivity contribution in [3.8, 4) is 0 Å². The molecule has 0 saturated carbocycles. The molecule has 0 spiro atoms. The van der Waals surface area contributed by atoms with E-state index in [-0.39, 0.29) is 8.32 Å². The van der Waals surface area contributed by atoms with Crippen molar-refractivity contribution in [3.05, 3.63) is 0 Å². The Morgan fingerprint density at radius 1 is 1.11 bits per heavy atom. The van der Waals surface area contributed by atoms with Crippen LogP contribution in [-0.2, 0) is 9.84 Å². The topological polar surface area (TPSA) is 34.1 Å². The van der Waals surface area contributed by atoms with Crippen LogP contribution in [0.4, 0.5) is 0 Å². The van der Waals surface area contributed by atoms with E-state index in [1.54, 1.807) is 0 Å². The predicted octanol–water partition coefficient (Wildman–Crippen LogP) is 1.64. The van der Waals surface area contributed by atoms with Gasteiger partial charge in [0.25, 0.3) is 0 Å². The first kappa shape index (κ1) is 8.01. The quantitative estimate of drug-likeness (QED) is 0.631. The van der Waals surface area contributed by atoms with Crippen LogP contribution in [0.5, 0.6) is 0 Å². The second kappa shape index (κ2) is 2.51. The molecule has 2 atom stereocenters. The van der Waals surface area contributed by atoms with Gasteiger partial charge in [0.15, 0.2) is 9.84 Å². The molecule has 5 heteroatoms. The minimum absolute atomic E-state index is 0.325. The van der Waals surface area contributed by atoms with Gasteiger partial charge in [-0.1, -0.05) is 31.9 Å². The van der Waals surface area contributed by atoms with E-state index in [1.165, 1.54) is 0 Å².